The summed E-state index contributed by atoms with van der Waals surface area (Å²) in [5, 5.41) is 12.7. The van der Waals surface area contributed by atoms with Gasteiger partial charge in [-0.1, -0.05) is 11.6 Å². The molecule has 2 saturated carbocycles. The summed E-state index contributed by atoms with van der Waals surface area (Å²) in [6, 6.07) is 5.62. The first-order chi connectivity index (χ1) is 19.4. The standard InChI is InChI=1S/C14H18O2.C9H9BN6.C4H6N2.CO.Re/c1-8-5-11(9(2)15)7-14(8)12-4-3-10(6-12)13(14)16;1-4-11-14(7-1)10(15-8-2-5-12-15)16-9-3-6-13-16;1-6-3-2-5-4-6;1-2;/h5,10-12H,3-4,6-7H2,1-2H3;1-9H;2-4H,1H3;;/q;-1;;;/t10-,11+,12+,14-;;;;/m0..../s1. The molecule has 0 unspecified atom stereocenters. The molecule has 1 spiro atoms. The fourth-order valence-electron chi connectivity index (χ4n) is 6.24. The van der Waals surface area contributed by atoms with E-state index >= 15 is 0 Å². The van der Waals surface area contributed by atoms with Crippen LogP contribution >= 0.6 is 0 Å². The Balaban J connectivity index is 0.000000176. The van der Waals surface area contributed by atoms with Gasteiger partial charge in [0.2, 0.25) is 0 Å². The Kier molecular flexibility index (Phi) is 11.2. The Bertz CT molecular complexity index is 1340. The molecule has 2 fully saturated rings. The molecule has 2 bridgehead atoms. The van der Waals surface area contributed by atoms with Gasteiger partial charge in [0.25, 0.3) is 7.12 Å². The van der Waals surface area contributed by atoms with Crippen molar-refractivity contribution in [2.45, 2.75) is 39.5 Å². The minimum atomic E-state index is -0.223. The minimum absolute atomic E-state index is 0. The van der Waals surface area contributed by atoms with Gasteiger partial charge in [-0.15, -0.1) is 0 Å². The van der Waals surface area contributed by atoms with Gasteiger partial charge in [0, 0.05) is 70.3 Å². The van der Waals surface area contributed by atoms with Crippen molar-refractivity contribution in [1.29, 1.82) is 0 Å². The van der Waals surface area contributed by atoms with Gasteiger partial charge >= 0.3 is 11.3 Å². The molecular weight excluding hydrogens is 693 g/mol. The summed E-state index contributed by atoms with van der Waals surface area (Å²) in [7, 11) is 1.74. The van der Waals surface area contributed by atoms with Crippen LogP contribution in [0.4, 0.5) is 0 Å². The third-order valence-corrected chi connectivity index (χ3v) is 8.08. The average Bonchev–Trinajstić information content (AvgIpc) is 3.80. The van der Waals surface area contributed by atoms with E-state index in [4.69, 9.17) is 4.65 Å². The number of ketones is 2. The summed E-state index contributed by atoms with van der Waals surface area (Å²) in [5.74, 6) is 1.50. The van der Waals surface area contributed by atoms with E-state index in [0.717, 1.165) is 19.3 Å². The van der Waals surface area contributed by atoms with Gasteiger partial charge in [-0.25, -0.2) is 20.3 Å². The molecule has 0 aromatic carbocycles. The summed E-state index contributed by atoms with van der Waals surface area (Å²) in [6.07, 6.45) is 22.4. The number of carbonyl (C=O) groups is 2. The number of hydrogen-bond acceptors (Lipinski definition) is 6. The van der Waals surface area contributed by atoms with Crippen molar-refractivity contribution in [2.75, 3.05) is 0 Å². The predicted octanol–water partition coefficient (Wildman–Crippen LogP) is 3.11. The number of hydrogen-bond donors (Lipinski definition) is 0. The number of aryl methyl sites for hydroxylation is 1. The summed E-state index contributed by atoms with van der Waals surface area (Å²) in [5.41, 5.74) is 0.962. The first-order valence-corrected chi connectivity index (χ1v) is 13.2. The summed E-state index contributed by atoms with van der Waals surface area (Å²) in [6.45, 7) is 8.20. The van der Waals surface area contributed by atoms with Crippen molar-refractivity contribution in [3.63, 3.8) is 0 Å². The van der Waals surface area contributed by atoms with Crippen LogP contribution < -0.4 is 0 Å². The molecule has 11 nitrogen and oxygen atoms in total. The van der Waals surface area contributed by atoms with Crippen LogP contribution in [-0.4, -0.2) is 57.3 Å². The van der Waals surface area contributed by atoms with Crippen LogP contribution in [0.3, 0.4) is 0 Å². The van der Waals surface area contributed by atoms with Crippen LogP contribution in [0.15, 0.2) is 85.8 Å². The van der Waals surface area contributed by atoms with Crippen LogP contribution in [0, 0.1) is 29.8 Å². The second-order valence-electron chi connectivity index (χ2n) is 10.3. The Morgan fingerprint density at radius 3 is 1.85 bits per heavy atom. The molecule has 4 atom stereocenters. The monoisotopic (exact) mass is 727 g/mol. The van der Waals surface area contributed by atoms with Crippen LogP contribution in [-0.2, 0) is 41.7 Å². The van der Waals surface area contributed by atoms with Gasteiger partial charge < -0.3 is 18.3 Å². The Labute approximate surface area is 253 Å². The van der Waals surface area contributed by atoms with E-state index in [1.54, 1.807) is 51.8 Å². The van der Waals surface area contributed by atoms with Gasteiger partial charge in [0.15, 0.2) is 0 Å². The Morgan fingerprint density at radius 1 is 0.976 bits per heavy atom. The van der Waals surface area contributed by atoms with Gasteiger partial charge in [-0.3, -0.25) is 9.59 Å². The zero-order valence-electron chi connectivity index (χ0n) is 23.3. The van der Waals surface area contributed by atoms with Crippen molar-refractivity contribution >= 4 is 18.7 Å². The molecule has 2 radical (unpaired) electrons. The van der Waals surface area contributed by atoms with E-state index < -0.39 is 0 Å². The van der Waals surface area contributed by atoms with Crippen molar-refractivity contribution in [2.24, 2.45) is 30.2 Å². The quantitative estimate of drug-likeness (QED) is 0.138. The van der Waals surface area contributed by atoms with E-state index in [2.05, 4.69) is 39.9 Å². The Morgan fingerprint density at radius 2 is 1.54 bits per heavy atom. The zero-order chi connectivity index (χ0) is 28.7. The number of carbonyl (C=O) groups excluding carboxylic acids is 2. The molecule has 0 aliphatic heterocycles. The number of nitrogens with zero attached hydrogens (tertiary/aromatic N) is 8. The molecule has 4 aromatic rings. The smallest absolute Gasteiger partial charge is 0.260 e. The van der Waals surface area contributed by atoms with E-state index in [1.807, 2.05) is 54.6 Å². The topological polar surface area (TPSA) is 125 Å². The number of aromatic nitrogens is 8. The van der Waals surface area contributed by atoms with Crippen molar-refractivity contribution in [3.05, 3.63) is 92.4 Å². The molecule has 4 heterocycles. The molecule has 0 N–H and O–H groups in total. The van der Waals surface area contributed by atoms with Gasteiger partial charge in [0.1, 0.15) is 11.6 Å². The van der Waals surface area contributed by atoms with Gasteiger partial charge in [-0.2, -0.15) is 0 Å². The maximum atomic E-state index is 12.4. The van der Waals surface area contributed by atoms with E-state index in [1.165, 1.54) is 12.0 Å². The summed E-state index contributed by atoms with van der Waals surface area (Å²) in [4.78, 5) is 27.7. The maximum absolute atomic E-state index is 12.4. The number of Topliss-reactive ketones (excluding diaryl/α,β-unsaturated/α-hetero) is 2. The van der Waals surface area contributed by atoms with Crippen LogP contribution in [0.25, 0.3) is 0 Å². The number of allylic oxidation sites excluding steroid dienone is 2. The molecule has 0 amide bonds. The molecule has 13 heteroatoms. The van der Waals surface area contributed by atoms with Gasteiger partial charge in [0.05, 0.1) is 11.7 Å². The van der Waals surface area contributed by atoms with Crippen molar-refractivity contribution in [1.82, 2.24) is 38.6 Å². The fraction of sp³-hybridized carbons (Fsp3) is 0.393. The van der Waals surface area contributed by atoms with Crippen LogP contribution in [0.5, 0.6) is 0 Å². The number of rotatable bonds is 4. The maximum Gasteiger partial charge on any atom is 0.260 e. The second-order valence-corrected chi connectivity index (χ2v) is 10.3. The first-order valence-electron chi connectivity index (χ1n) is 13.2. The zero-order valence-corrected chi connectivity index (χ0v) is 26.0. The predicted molar refractivity (Wildman–Crippen MR) is 147 cm³/mol. The third kappa shape index (κ3) is 6.66. The fourth-order valence-corrected chi connectivity index (χ4v) is 6.24. The molecule has 41 heavy (non-hydrogen) atoms. The molecule has 4 aromatic heterocycles. The molecule has 3 aliphatic carbocycles. The number of imidazole rings is 1. The van der Waals surface area contributed by atoms with Crippen LogP contribution in [0.1, 0.15) is 39.5 Å². The van der Waals surface area contributed by atoms with Crippen LogP contribution in [0.2, 0.25) is 0 Å². The molecule has 3 aliphatic rings. The Hall–Kier alpha value is -3.61. The molecule has 7 rings (SSSR count). The molecule has 0 saturated heterocycles. The first kappa shape index (κ1) is 31.9. The third-order valence-electron chi connectivity index (χ3n) is 8.08. The number of fused-ring (bicyclic) bond motifs is 3. The van der Waals surface area contributed by atoms with Gasteiger partial charge in [-0.05, 0) is 82.2 Å². The second kappa shape index (κ2) is 14.3. The molecular formula is C28H33BN8O3Re-. The SMILES string of the molecule is CC(=O)[C@@H]1C=C(C)[C@]2(C1)C(=O)[C@H]1CC[C@@H]2C1.Cn1ccnc1.[C-]#[O+].[Re].c1cnn([B-](n2cccn2)n2cccn2)c1. The molecule has 214 valence electrons. The summed E-state index contributed by atoms with van der Waals surface area (Å²) >= 11 is 0. The summed E-state index contributed by atoms with van der Waals surface area (Å²) < 4.78 is 14.8. The van der Waals surface area contributed by atoms with E-state index in [-0.39, 0.29) is 44.7 Å². The normalized spacial score (nSPS) is 23.4. The van der Waals surface area contributed by atoms with E-state index in [0.29, 0.717) is 17.6 Å². The van der Waals surface area contributed by atoms with Crippen molar-refractivity contribution in [3.8, 4) is 0 Å². The van der Waals surface area contributed by atoms with E-state index in [9.17, 15) is 9.59 Å². The van der Waals surface area contributed by atoms with Crippen molar-refractivity contribution < 1.29 is 34.7 Å². The average molecular weight is 727 g/mol. The largest absolute Gasteiger partial charge is 0.425 e. The minimum Gasteiger partial charge on any atom is -0.425 e.